The summed E-state index contributed by atoms with van der Waals surface area (Å²) in [5.74, 6) is 2.24. The van der Waals surface area contributed by atoms with Gasteiger partial charge in [-0.3, -0.25) is 0 Å². The van der Waals surface area contributed by atoms with Crippen LogP contribution in [0.3, 0.4) is 0 Å². The summed E-state index contributed by atoms with van der Waals surface area (Å²) in [4.78, 5) is 4.45. The van der Waals surface area contributed by atoms with E-state index in [2.05, 4.69) is 16.2 Å². The van der Waals surface area contributed by atoms with E-state index in [1.165, 1.54) is 0 Å². The molecule has 1 aliphatic carbocycles. The van der Waals surface area contributed by atoms with Crippen LogP contribution in [0.5, 0.6) is 0 Å². The third-order valence-electron chi connectivity index (χ3n) is 3.41. The number of hydrogen-bond acceptors (Lipinski definition) is 5. The largest absolute Gasteiger partial charge is 0.381 e. The molecule has 5 nitrogen and oxygen atoms in total. The van der Waals surface area contributed by atoms with Gasteiger partial charge < -0.3 is 15.0 Å². The summed E-state index contributed by atoms with van der Waals surface area (Å²) in [5.41, 5.74) is 5.81. The van der Waals surface area contributed by atoms with Gasteiger partial charge in [-0.25, -0.2) is 0 Å². The normalized spacial score (nSPS) is 32.4. The van der Waals surface area contributed by atoms with Crippen molar-refractivity contribution in [3.8, 4) is 0 Å². The quantitative estimate of drug-likeness (QED) is 0.792. The zero-order valence-electron chi connectivity index (χ0n) is 9.71. The van der Waals surface area contributed by atoms with Crippen molar-refractivity contribution in [1.29, 1.82) is 0 Å². The number of aromatic nitrogens is 2. The van der Waals surface area contributed by atoms with Crippen molar-refractivity contribution in [3.05, 3.63) is 23.9 Å². The molecule has 92 valence electrons. The van der Waals surface area contributed by atoms with Crippen LogP contribution in [0.4, 0.5) is 0 Å². The lowest BCUT2D eigenvalue weighted by Crippen LogP contribution is -2.14. The van der Waals surface area contributed by atoms with Crippen LogP contribution in [0.2, 0.25) is 0 Å². The minimum atomic E-state index is 0.124. The Labute approximate surface area is 100 Å². The number of nitrogens with two attached hydrogens (primary N) is 1. The fraction of sp³-hybridized carbons (Fsp3) is 0.667. The van der Waals surface area contributed by atoms with Crippen LogP contribution < -0.4 is 5.73 Å². The zero-order valence-corrected chi connectivity index (χ0v) is 9.71. The molecule has 2 N–H and O–H groups in total. The summed E-state index contributed by atoms with van der Waals surface area (Å²) in [6.07, 6.45) is 6.87. The van der Waals surface area contributed by atoms with Gasteiger partial charge in [-0.1, -0.05) is 17.3 Å². The van der Waals surface area contributed by atoms with Gasteiger partial charge in [0, 0.05) is 25.7 Å². The van der Waals surface area contributed by atoms with Gasteiger partial charge in [0.1, 0.15) is 0 Å². The van der Waals surface area contributed by atoms with E-state index in [1.807, 2.05) is 6.08 Å². The summed E-state index contributed by atoms with van der Waals surface area (Å²) in [7, 11) is 0. The summed E-state index contributed by atoms with van der Waals surface area (Å²) >= 11 is 0. The fourth-order valence-electron chi connectivity index (χ4n) is 2.41. The molecule has 2 heterocycles. The van der Waals surface area contributed by atoms with E-state index in [9.17, 15) is 0 Å². The van der Waals surface area contributed by atoms with E-state index < -0.39 is 0 Å². The van der Waals surface area contributed by atoms with Crippen LogP contribution in [-0.2, 0) is 11.2 Å². The van der Waals surface area contributed by atoms with E-state index in [0.29, 0.717) is 11.8 Å². The molecule has 0 aromatic carbocycles. The van der Waals surface area contributed by atoms with E-state index in [1.54, 1.807) is 0 Å². The third-order valence-corrected chi connectivity index (χ3v) is 3.41. The first kappa shape index (κ1) is 10.9. The lowest BCUT2D eigenvalue weighted by Gasteiger charge is -2.03. The van der Waals surface area contributed by atoms with E-state index in [0.717, 1.165) is 38.3 Å². The number of rotatable bonds is 3. The summed E-state index contributed by atoms with van der Waals surface area (Å²) in [6.45, 7) is 1.67. The van der Waals surface area contributed by atoms with Crippen molar-refractivity contribution in [3.63, 3.8) is 0 Å². The number of allylic oxidation sites excluding steroid dienone is 1. The number of ether oxygens (including phenoxy) is 1. The van der Waals surface area contributed by atoms with Crippen LogP contribution >= 0.6 is 0 Å². The first-order valence-corrected chi connectivity index (χ1v) is 6.15. The molecule has 1 aromatic rings. The van der Waals surface area contributed by atoms with Crippen LogP contribution in [-0.4, -0.2) is 29.4 Å². The standard InChI is InChI=1S/C12H17N3O2/c13-10-2-1-9(6-10)12-14-11(15-17-12)5-8-3-4-16-7-8/h1-2,8-10H,3-7,13H2. The van der Waals surface area contributed by atoms with Crippen LogP contribution in [0.1, 0.15) is 30.5 Å². The second kappa shape index (κ2) is 4.58. The smallest absolute Gasteiger partial charge is 0.233 e. The van der Waals surface area contributed by atoms with Crippen molar-refractivity contribution in [1.82, 2.24) is 10.1 Å². The predicted molar refractivity (Wildman–Crippen MR) is 61.4 cm³/mol. The molecule has 1 saturated heterocycles. The molecule has 1 aromatic heterocycles. The minimum absolute atomic E-state index is 0.124. The Bertz CT molecular complexity index is 410. The zero-order chi connectivity index (χ0) is 11.7. The fourth-order valence-corrected chi connectivity index (χ4v) is 2.41. The molecule has 3 rings (SSSR count). The average molecular weight is 235 g/mol. The molecule has 5 heteroatoms. The number of nitrogens with zero attached hydrogens (tertiary/aromatic N) is 2. The van der Waals surface area contributed by atoms with Crippen molar-refractivity contribution < 1.29 is 9.26 Å². The summed E-state index contributed by atoms with van der Waals surface area (Å²) < 4.78 is 10.6. The molecule has 0 spiro atoms. The van der Waals surface area contributed by atoms with Gasteiger partial charge in [-0.2, -0.15) is 4.98 Å². The molecule has 2 aliphatic rings. The van der Waals surface area contributed by atoms with Crippen molar-refractivity contribution in [2.75, 3.05) is 13.2 Å². The van der Waals surface area contributed by atoms with Crippen LogP contribution in [0, 0.1) is 5.92 Å². The first-order valence-electron chi connectivity index (χ1n) is 6.15. The molecule has 0 amide bonds. The number of hydrogen-bond donors (Lipinski definition) is 1. The Kier molecular flexibility index (Phi) is 2.94. The van der Waals surface area contributed by atoms with E-state index in [-0.39, 0.29) is 12.0 Å². The van der Waals surface area contributed by atoms with Crippen molar-refractivity contribution >= 4 is 0 Å². The molecular weight excluding hydrogens is 218 g/mol. The highest BCUT2D eigenvalue weighted by molar-refractivity contribution is 5.15. The Hall–Kier alpha value is -1.20. The topological polar surface area (TPSA) is 74.2 Å². The molecule has 3 unspecified atom stereocenters. The maximum absolute atomic E-state index is 5.81. The summed E-state index contributed by atoms with van der Waals surface area (Å²) in [5, 5.41) is 4.03. The second-order valence-electron chi connectivity index (χ2n) is 4.87. The Morgan fingerprint density at radius 3 is 3.06 bits per heavy atom. The molecule has 0 saturated carbocycles. The van der Waals surface area contributed by atoms with E-state index >= 15 is 0 Å². The van der Waals surface area contributed by atoms with E-state index in [4.69, 9.17) is 15.0 Å². The predicted octanol–water partition coefficient (Wildman–Crippen LogP) is 1.02. The summed E-state index contributed by atoms with van der Waals surface area (Å²) in [6, 6.07) is 0.124. The van der Waals surface area contributed by atoms with Crippen molar-refractivity contribution in [2.24, 2.45) is 11.7 Å². The molecule has 0 bridgehead atoms. The Morgan fingerprint density at radius 1 is 1.41 bits per heavy atom. The first-order chi connectivity index (χ1) is 8.31. The lowest BCUT2D eigenvalue weighted by atomic mass is 10.0. The Morgan fingerprint density at radius 2 is 2.35 bits per heavy atom. The van der Waals surface area contributed by atoms with Gasteiger partial charge in [-0.15, -0.1) is 0 Å². The molecule has 0 radical (unpaired) electrons. The maximum atomic E-state index is 5.81. The van der Waals surface area contributed by atoms with Gasteiger partial charge in [0.05, 0.1) is 5.92 Å². The molecule has 3 atom stereocenters. The molecule has 1 fully saturated rings. The highest BCUT2D eigenvalue weighted by Crippen LogP contribution is 2.27. The van der Waals surface area contributed by atoms with Gasteiger partial charge in [-0.05, 0) is 18.8 Å². The Balaban J connectivity index is 1.64. The lowest BCUT2D eigenvalue weighted by molar-refractivity contribution is 0.185. The van der Waals surface area contributed by atoms with Gasteiger partial charge in [0.25, 0.3) is 0 Å². The van der Waals surface area contributed by atoms with Crippen LogP contribution in [0.25, 0.3) is 0 Å². The highest BCUT2D eigenvalue weighted by Gasteiger charge is 2.24. The van der Waals surface area contributed by atoms with Gasteiger partial charge in [0.15, 0.2) is 5.82 Å². The average Bonchev–Trinajstić information content (AvgIpc) is 2.99. The maximum Gasteiger partial charge on any atom is 0.233 e. The monoisotopic (exact) mass is 235 g/mol. The third kappa shape index (κ3) is 2.40. The molecular formula is C12H17N3O2. The highest BCUT2D eigenvalue weighted by atomic mass is 16.5. The van der Waals surface area contributed by atoms with Gasteiger partial charge in [0.2, 0.25) is 5.89 Å². The van der Waals surface area contributed by atoms with Gasteiger partial charge >= 0.3 is 0 Å². The van der Waals surface area contributed by atoms with Crippen LogP contribution in [0.15, 0.2) is 16.7 Å². The SMILES string of the molecule is NC1C=CC(c2nc(CC3CCOC3)no2)C1. The molecule has 1 aliphatic heterocycles. The minimum Gasteiger partial charge on any atom is -0.381 e. The second-order valence-corrected chi connectivity index (χ2v) is 4.87. The van der Waals surface area contributed by atoms with Crippen molar-refractivity contribution in [2.45, 2.75) is 31.2 Å². The molecule has 17 heavy (non-hydrogen) atoms.